The van der Waals surface area contributed by atoms with Crippen LogP contribution in [0.15, 0.2) is 65.3 Å². The summed E-state index contributed by atoms with van der Waals surface area (Å²) in [7, 11) is 0. The molecule has 1 spiro atoms. The van der Waals surface area contributed by atoms with Gasteiger partial charge < -0.3 is 9.84 Å². The lowest BCUT2D eigenvalue weighted by molar-refractivity contribution is -0.155. The van der Waals surface area contributed by atoms with Gasteiger partial charge in [0.2, 0.25) is 0 Å². The summed E-state index contributed by atoms with van der Waals surface area (Å²) in [6, 6.07) is 8.32. The number of carbonyl (C=O) groups excluding carboxylic acids is 1. The van der Waals surface area contributed by atoms with E-state index in [1.807, 2.05) is 6.07 Å². The molecule has 7 rings (SSSR count). The summed E-state index contributed by atoms with van der Waals surface area (Å²) in [5.74, 6) is 6.68. The van der Waals surface area contributed by atoms with Crippen molar-refractivity contribution >= 4 is 11.5 Å². The topological polar surface area (TPSA) is 46.5 Å². The van der Waals surface area contributed by atoms with E-state index in [2.05, 4.69) is 61.3 Å². The zero-order valence-electron chi connectivity index (χ0n) is 20.3. The average molecular weight is 465 g/mol. The lowest BCUT2D eigenvalue weighted by Crippen LogP contribution is -2.46. The number of esters is 1. The van der Waals surface area contributed by atoms with Crippen LogP contribution in [-0.4, -0.2) is 16.7 Å². The minimum absolute atomic E-state index is 0.174. The van der Waals surface area contributed by atoms with E-state index in [1.165, 1.54) is 16.7 Å². The van der Waals surface area contributed by atoms with E-state index in [9.17, 15) is 9.90 Å². The molecule has 2 bridgehead atoms. The smallest absolute Gasteiger partial charge is 0.385 e. The largest absolute Gasteiger partial charge is 0.444 e. The lowest BCUT2D eigenvalue weighted by Gasteiger charge is -2.40. The predicted octanol–water partition coefficient (Wildman–Crippen LogP) is 6.01. The van der Waals surface area contributed by atoms with Crippen LogP contribution in [0.25, 0.3) is 5.57 Å². The van der Waals surface area contributed by atoms with E-state index >= 15 is 0 Å². The van der Waals surface area contributed by atoms with Gasteiger partial charge in [0, 0.05) is 24.2 Å². The SMILES string of the molecule is CC1=C2CCC#CC(=O)OC3(C4=C(C=CCC4)C4CCC=CC43)C3CC3CC1(O)c1ccccc12. The molecule has 35 heavy (non-hydrogen) atoms. The molecule has 0 amide bonds. The van der Waals surface area contributed by atoms with Crippen LogP contribution in [0, 0.1) is 35.5 Å². The van der Waals surface area contributed by atoms with Crippen LogP contribution in [0.3, 0.4) is 0 Å². The van der Waals surface area contributed by atoms with Crippen LogP contribution in [-0.2, 0) is 15.1 Å². The highest BCUT2D eigenvalue weighted by Crippen LogP contribution is 2.66. The maximum atomic E-state index is 13.2. The van der Waals surface area contributed by atoms with Crippen LogP contribution in [0.1, 0.15) is 69.4 Å². The molecule has 178 valence electrons. The van der Waals surface area contributed by atoms with Crippen molar-refractivity contribution in [2.75, 3.05) is 0 Å². The number of allylic oxidation sites excluding steroid dienone is 5. The second kappa shape index (κ2) is 7.58. The molecule has 3 heteroatoms. The van der Waals surface area contributed by atoms with Crippen LogP contribution in [0.2, 0.25) is 0 Å². The molecular formula is C32H32O3. The maximum absolute atomic E-state index is 13.2. The Hall–Kier alpha value is -2.83. The van der Waals surface area contributed by atoms with E-state index in [1.54, 1.807) is 0 Å². The molecule has 1 saturated carbocycles. The standard InChI is InChI=1S/C32H32O3/c1-20-22-10-5-9-17-30(33)35-32(27-15-7-3-12-24(27)25-13-4-8-16-28(25)32)29-18-21(29)19-31(20,34)26-14-6-2-11-23(22)26/h2-3,6,8,11-12,14,16,21,25,28-29,34H,4-5,7,10,13,15,18-19H2,1H3. The van der Waals surface area contributed by atoms with Crippen molar-refractivity contribution in [2.24, 2.45) is 23.7 Å². The predicted molar refractivity (Wildman–Crippen MR) is 136 cm³/mol. The monoisotopic (exact) mass is 464 g/mol. The van der Waals surface area contributed by atoms with Crippen molar-refractivity contribution in [3.8, 4) is 11.8 Å². The number of hydrogen-bond donors (Lipinski definition) is 1. The third-order valence-electron chi connectivity index (χ3n) is 9.75. The molecule has 0 aromatic heterocycles. The van der Waals surface area contributed by atoms with Crippen LogP contribution >= 0.6 is 0 Å². The van der Waals surface area contributed by atoms with Gasteiger partial charge in [0.05, 0.1) is 0 Å². The summed E-state index contributed by atoms with van der Waals surface area (Å²) in [6.07, 6.45) is 16.3. The molecular weight excluding hydrogens is 432 g/mol. The summed E-state index contributed by atoms with van der Waals surface area (Å²) < 4.78 is 6.56. The Morgan fingerprint density at radius 2 is 2.03 bits per heavy atom. The third-order valence-corrected chi connectivity index (χ3v) is 9.75. The summed E-state index contributed by atoms with van der Waals surface area (Å²) in [5, 5.41) is 12.2. The van der Waals surface area contributed by atoms with Crippen molar-refractivity contribution in [2.45, 2.75) is 69.5 Å². The number of ether oxygens (including phenoxy) is 1. The van der Waals surface area contributed by atoms with E-state index in [-0.39, 0.29) is 17.8 Å². The van der Waals surface area contributed by atoms with Gasteiger partial charge in [-0.3, -0.25) is 0 Å². The molecule has 6 aliphatic rings. The van der Waals surface area contributed by atoms with E-state index in [0.717, 1.165) is 55.2 Å². The van der Waals surface area contributed by atoms with Crippen LogP contribution < -0.4 is 0 Å². The first kappa shape index (κ1) is 21.5. The number of rotatable bonds is 0. The van der Waals surface area contributed by atoms with Crippen molar-refractivity contribution in [1.29, 1.82) is 0 Å². The number of aliphatic hydroxyl groups is 1. The second-order valence-electron chi connectivity index (χ2n) is 11.3. The Labute approximate surface area is 207 Å². The summed E-state index contributed by atoms with van der Waals surface area (Å²) in [5.41, 5.74) is 5.61. The lowest BCUT2D eigenvalue weighted by atomic mass is 9.72. The molecule has 1 heterocycles. The molecule has 1 N–H and O–H groups in total. The van der Waals surface area contributed by atoms with Gasteiger partial charge >= 0.3 is 5.97 Å². The van der Waals surface area contributed by atoms with E-state index in [0.29, 0.717) is 24.7 Å². The van der Waals surface area contributed by atoms with Crippen LogP contribution in [0.5, 0.6) is 0 Å². The van der Waals surface area contributed by atoms with E-state index in [4.69, 9.17) is 4.74 Å². The van der Waals surface area contributed by atoms with Gasteiger partial charge in [0.25, 0.3) is 0 Å². The first-order valence-electron chi connectivity index (χ1n) is 13.3. The molecule has 0 saturated heterocycles. The highest BCUT2D eigenvalue weighted by Gasteiger charge is 2.66. The molecule has 6 atom stereocenters. The molecule has 1 aromatic carbocycles. The second-order valence-corrected chi connectivity index (χ2v) is 11.3. The zero-order valence-corrected chi connectivity index (χ0v) is 20.3. The Morgan fingerprint density at radius 1 is 1.14 bits per heavy atom. The number of fused-ring (bicyclic) bond motifs is 10. The van der Waals surface area contributed by atoms with Gasteiger partial charge in [-0.2, -0.15) is 0 Å². The van der Waals surface area contributed by atoms with Gasteiger partial charge in [0.1, 0.15) is 11.2 Å². The molecule has 1 aromatic rings. The Morgan fingerprint density at radius 3 is 2.94 bits per heavy atom. The zero-order chi connectivity index (χ0) is 23.8. The molecule has 3 nitrogen and oxygen atoms in total. The molecule has 1 aliphatic heterocycles. The Kier molecular flexibility index (Phi) is 4.65. The summed E-state index contributed by atoms with van der Waals surface area (Å²) in [6.45, 7) is 2.10. The highest BCUT2D eigenvalue weighted by molar-refractivity contribution is 5.89. The fraction of sp³-hybridized carbons (Fsp3) is 0.469. The van der Waals surface area contributed by atoms with Crippen LogP contribution in [0.4, 0.5) is 0 Å². The molecule has 5 aliphatic carbocycles. The van der Waals surface area contributed by atoms with Crippen molar-refractivity contribution < 1.29 is 14.6 Å². The van der Waals surface area contributed by atoms with E-state index < -0.39 is 11.2 Å². The maximum Gasteiger partial charge on any atom is 0.385 e. The normalized spacial score (nSPS) is 38.9. The summed E-state index contributed by atoms with van der Waals surface area (Å²) >= 11 is 0. The van der Waals surface area contributed by atoms with Gasteiger partial charge in [0.15, 0.2) is 0 Å². The minimum Gasteiger partial charge on any atom is -0.444 e. The fourth-order valence-electron chi connectivity index (χ4n) is 8.18. The Bertz CT molecular complexity index is 1310. The van der Waals surface area contributed by atoms with Crippen molar-refractivity contribution in [3.05, 3.63) is 76.4 Å². The van der Waals surface area contributed by atoms with Gasteiger partial charge in [-0.25, -0.2) is 4.79 Å². The highest BCUT2D eigenvalue weighted by atomic mass is 16.6. The first-order chi connectivity index (χ1) is 17.0. The van der Waals surface area contributed by atoms with Crippen molar-refractivity contribution in [1.82, 2.24) is 0 Å². The first-order valence-corrected chi connectivity index (χ1v) is 13.3. The molecule has 0 radical (unpaired) electrons. The Balaban J connectivity index is 1.37. The van der Waals surface area contributed by atoms with Gasteiger partial charge in [-0.15, -0.1) is 0 Å². The molecule has 1 fully saturated rings. The average Bonchev–Trinajstić information content (AvgIpc) is 3.54. The number of benzene rings is 1. The summed E-state index contributed by atoms with van der Waals surface area (Å²) in [4.78, 5) is 13.2. The quantitative estimate of drug-likeness (QED) is 0.221. The third kappa shape index (κ3) is 2.93. The number of hydrogen-bond acceptors (Lipinski definition) is 3. The van der Waals surface area contributed by atoms with Gasteiger partial charge in [-0.1, -0.05) is 54.5 Å². The molecule has 6 unspecified atom stereocenters. The van der Waals surface area contributed by atoms with Crippen molar-refractivity contribution in [3.63, 3.8) is 0 Å². The van der Waals surface area contributed by atoms with Gasteiger partial charge in [-0.05, 0) is 97.1 Å². The fourth-order valence-corrected chi connectivity index (χ4v) is 8.18. The minimum atomic E-state index is -0.956. The number of carbonyl (C=O) groups is 1.